The average Bonchev–Trinajstić information content (AvgIpc) is 2.80. The van der Waals surface area contributed by atoms with Crippen molar-refractivity contribution in [2.24, 2.45) is 0 Å². The van der Waals surface area contributed by atoms with Crippen LogP contribution in [0.15, 0.2) is 24.5 Å². The summed E-state index contributed by atoms with van der Waals surface area (Å²) in [5.41, 5.74) is 1.17. The molecule has 0 bridgehead atoms. The van der Waals surface area contributed by atoms with Gasteiger partial charge < -0.3 is 9.47 Å². The first-order chi connectivity index (χ1) is 9.15. The molecule has 2 aromatic heterocycles. The highest BCUT2D eigenvalue weighted by Crippen LogP contribution is 2.21. The Morgan fingerprint density at radius 3 is 2.79 bits per heavy atom. The number of imidazole rings is 1. The standard InChI is InChI=1S/C12H13N5O2/c1-9-6-13-12-8-15(4-5-16(9)12)11-3-2-10(7-14-11)17(18)19/h2-3,6-7H,4-5,8H2,1H3. The van der Waals surface area contributed by atoms with Crippen molar-refractivity contribution in [2.45, 2.75) is 20.0 Å². The summed E-state index contributed by atoms with van der Waals surface area (Å²) in [6.45, 7) is 4.41. The van der Waals surface area contributed by atoms with Gasteiger partial charge >= 0.3 is 0 Å². The predicted molar refractivity (Wildman–Crippen MR) is 68.9 cm³/mol. The molecule has 0 saturated carbocycles. The topological polar surface area (TPSA) is 77.1 Å². The number of hydrogen-bond acceptors (Lipinski definition) is 5. The molecule has 0 unspecified atom stereocenters. The van der Waals surface area contributed by atoms with E-state index in [1.807, 2.05) is 13.1 Å². The molecule has 0 saturated heterocycles. The minimum absolute atomic E-state index is 0.0121. The van der Waals surface area contributed by atoms with Gasteiger partial charge in [-0.2, -0.15) is 0 Å². The Bertz CT molecular complexity index is 620. The van der Waals surface area contributed by atoms with Gasteiger partial charge in [-0.3, -0.25) is 10.1 Å². The van der Waals surface area contributed by atoms with Crippen LogP contribution in [0.1, 0.15) is 11.5 Å². The van der Waals surface area contributed by atoms with Crippen molar-refractivity contribution in [3.8, 4) is 0 Å². The summed E-state index contributed by atoms with van der Waals surface area (Å²) in [6.07, 6.45) is 3.16. The van der Waals surface area contributed by atoms with E-state index in [0.717, 1.165) is 30.4 Å². The van der Waals surface area contributed by atoms with E-state index in [9.17, 15) is 10.1 Å². The van der Waals surface area contributed by atoms with Crippen molar-refractivity contribution in [2.75, 3.05) is 11.4 Å². The van der Waals surface area contributed by atoms with Crippen LogP contribution in [0, 0.1) is 17.0 Å². The van der Waals surface area contributed by atoms with Crippen LogP contribution < -0.4 is 4.90 Å². The minimum atomic E-state index is -0.441. The molecule has 7 heteroatoms. The van der Waals surface area contributed by atoms with Gasteiger partial charge in [-0.1, -0.05) is 0 Å². The maximum absolute atomic E-state index is 10.6. The monoisotopic (exact) mass is 259 g/mol. The van der Waals surface area contributed by atoms with Crippen LogP contribution in [-0.2, 0) is 13.1 Å². The molecule has 3 rings (SSSR count). The number of rotatable bonds is 2. The fourth-order valence-electron chi connectivity index (χ4n) is 2.28. The smallest absolute Gasteiger partial charge is 0.287 e. The third-order valence-electron chi connectivity index (χ3n) is 3.33. The van der Waals surface area contributed by atoms with Gasteiger partial charge in [0.1, 0.15) is 17.8 Å². The maximum Gasteiger partial charge on any atom is 0.287 e. The Hall–Kier alpha value is -2.44. The van der Waals surface area contributed by atoms with Crippen molar-refractivity contribution in [1.29, 1.82) is 0 Å². The SMILES string of the molecule is Cc1cnc2n1CCN(c1ccc([N+](=O)[O-])cn1)C2. The number of nitro groups is 1. The van der Waals surface area contributed by atoms with Crippen molar-refractivity contribution in [3.63, 3.8) is 0 Å². The first-order valence-corrected chi connectivity index (χ1v) is 6.01. The summed E-state index contributed by atoms with van der Waals surface area (Å²) in [5, 5.41) is 10.6. The molecule has 7 nitrogen and oxygen atoms in total. The third-order valence-corrected chi connectivity index (χ3v) is 3.33. The lowest BCUT2D eigenvalue weighted by molar-refractivity contribution is -0.385. The summed E-state index contributed by atoms with van der Waals surface area (Å²) in [7, 11) is 0. The highest BCUT2D eigenvalue weighted by atomic mass is 16.6. The summed E-state index contributed by atoms with van der Waals surface area (Å²) >= 11 is 0. The van der Waals surface area contributed by atoms with E-state index in [2.05, 4.69) is 19.4 Å². The predicted octanol–water partition coefficient (Wildman–Crippen LogP) is 1.51. The van der Waals surface area contributed by atoms with Crippen LogP contribution in [-0.4, -0.2) is 26.0 Å². The van der Waals surface area contributed by atoms with Gasteiger partial charge in [0, 0.05) is 31.0 Å². The molecule has 0 aromatic carbocycles. The number of aryl methyl sites for hydroxylation is 1. The molecule has 1 aliphatic heterocycles. The molecule has 0 radical (unpaired) electrons. The van der Waals surface area contributed by atoms with Gasteiger partial charge in [0.25, 0.3) is 5.69 Å². The van der Waals surface area contributed by atoms with Gasteiger partial charge in [-0.05, 0) is 13.0 Å². The van der Waals surface area contributed by atoms with Crippen LogP contribution in [0.4, 0.5) is 11.5 Å². The zero-order valence-electron chi connectivity index (χ0n) is 10.5. The molecule has 0 N–H and O–H groups in total. The molecule has 0 aliphatic carbocycles. The highest BCUT2D eigenvalue weighted by molar-refractivity contribution is 5.43. The molecule has 1 aliphatic rings. The summed E-state index contributed by atoms with van der Waals surface area (Å²) < 4.78 is 2.18. The fourth-order valence-corrected chi connectivity index (χ4v) is 2.28. The Balaban J connectivity index is 1.83. The van der Waals surface area contributed by atoms with Crippen LogP contribution in [0.5, 0.6) is 0 Å². The first kappa shape index (κ1) is 11.6. The molecule has 0 fully saturated rings. The van der Waals surface area contributed by atoms with Gasteiger partial charge in [-0.15, -0.1) is 0 Å². The van der Waals surface area contributed by atoms with Crippen LogP contribution in [0.3, 0.4) is 0 Å². The molecular weight excluding hydrogens is 246 g/mol. The summed E-state index contributed by atoms with van der Waals surface area (Å²) in [4.78, 5) is 20.7. The molecule has 2 aromatic rings. The number of nitrogens with zero attached hydrogens (tertiary/aromatic N) is 5. The Morgan fingerprint density at radius 2 is 2.11 bits per heavy atom. The number of hydrogen-bond donors (Lipinski definition) is 0. The normalized spacial score (nSPS) is 14.3. The molecule has 0 spiro atoms. The lowest BCUT2D eigenvalue weighted by atomic mass is 10.3. The third kappa shape index (κ3) is 2.03. The Kier molecular flexibility index (Phi) is 2.66. The van der Waals surface area contributed by atoms with Gasteiger partial charge in [-0.25, -0.2) is 9.97 Å². The van der Waals surface area contributed by atoms with E-state index in [-0.39, 0.29) is 5.69 Å². The van der Waals surface area contributed by atoms with Gasteiger partial charge in [0.15, 0.2) is 0 Å². The van der Waals surface area contributed by atoms with Crippen LogP contribution in [0.2, 0.25) is 0 Å². The Morgan fingerprint density at radius 1 is 1.26 bits per heavy atom. The van der Waals surface area contributed by atoms with Crippen molar-refractivity contribution in [3.05, 3.63) is 46.2 Å². The molecule has 3 heterocycles. The lowest BCUT2D eigenvalue weighted by Gasteiger charge is -2.29. The zero-order chi connectivity index (χ0) is 13.4. The second-order valence-electron chi connectivity index (χ2n) is 4.52. The lowest BCUT2D eigenvalue weighted by Crippen LogP contribution is -2.34. The average molecular weight is 259 g/mol. The number of anilines is 1. The van der Waals surface area contributed by atoms with E-state index in [1.54, 1.807) is 6.07 Å². The van der Waals surface area contributed by atoms with Crippen molar-refractivity contribution < 1.29 is 4.92 Å². The largest absolute Gasteiger partial charge is 0.347 e. The van der Waals surface area contributed by atoms with E-state index in [0.29, 0.717) is 6.54 Å². The van der Waals surface area contributed by atoms with Crippen LogP contribution >= 0.6 is 0 Å². The molecule has 0 amide bonds. The van der Waals surface area contributed by atoms with Gasteiger partial charge in [0.2, 0.25) is 0 Å². The van der Waals surface area contributed by atoms with E-state index in [1.165, 1.54) is 12.3 Å². The number of fused-ring (bicyclic) bond motifs is 1. The maximum atomic E-state index is 10.6. The molecule has 19 heavy (non-hydrogen) atoms. The summed E-state index contributed by atoms with van der Waals surface area (Å²) in [6, 6.07) is 3.16. The van der Waals surface area contributed by atoms with Crippen molar-refractivity contribution >= 4 is 11.5 Å². The quantitative estimate of drug-likeness (QED) is 0.603. The number of pyridine rings is 1. The number of aromatic nitrogens is 3. The van der Waals surface area contributed by atoms with E-state index >= 15 is 0 Å². The summed E-state index contributed by atoms with van der Waals surface area (Å²) in [5.74, 6) is 1.75. The van der Waals surface area contributed by atoms with Crippen LogP contribution in [0.25, 0.3) is 0 Å². The first-order valence-electron chi connectivity index (χ1n) is 6.01. The fraction of sp³-hybridized carbons (Fsp3) is 0.333. The van der Waals surface area contributed by atoms with E-state index in [4.69, 9.17) is 0 Å². The second-order valence-corrected chi connectivity index (χ2v) is 4.52. The van der Waals surface area contributed by atoms with Crippen molar-refractivity contribution in [1.82, 2.24) is 14.5 Å². The zero-order valence-corrected chi connectivity index (χ0v) is 10.5. The molecule has 0 atom stereocenters. The van der Waals surface area contributed by atoms with Gasteiger partial charge in [0.05, 0.1) is 11.5 Å². The molecule has 98 valence electrons. The Labute approximate surface area is 109 Å². The molecular formula is C12H13N5O2. The van der Waals surface area contributed by atoms with E-state index < -0.39 is 4.92 Å². The highest BCUT2D eigenvalue weighted by Gasteiger charge is 2.20. The minimum Gasteiger partial charge on any atom is -0.347 e. The second kappa shape index (κ2) is 4.34.